The smallest absolute Gasteiger partial charge is 0.249 e. The van der Waals surface area contributed by atoms with Crippen molar-refractivity contribution in [3.05, 3.63) is 48.6 Å². The number of nitrogens with one attached hydrogen (secondary N) is 1. The molecule has 0 aliphatic carbocycles. The van der Waals surface area contributed by atoms with Gasteiger partial charge in [0.25, 0.3) is 0 Å². The minimum absolute atomic E-state index is 0.102. The zero-order chi connectivity index (χ0) is 19.4. The van der Waals surface area contributed by atoms with E-state index < -0.39 is 6.04 Å². The normalized spacial score (nSPS) is 16.0. The second kappa shape index (κ2) is 8.11. The molecule has 1 saturated heterocycles. The Kier molecular flexibility index (Phi) is 5.63. The SMILES string of the molecule is C=CC(=O)N1CCC(C(=O)NC(C)c2nc(-c3ccc(F)cc3)no2)CC1. The number of benzene rings is 1. The number of nitrogens with zero attached hydrogens (tertiary/aromatic N) is 3. The number of hydrogen-bond donors (Lipinski definition) is 1. The average molecular weight is 372 g/mol. The maximum absolute atomic E-state index is 13.0. The Morgan fingerprint density at radius 3 is 2.63 bits per heavy atom. The second-order valence-electron chi connectivity index (χ2n) is 6.50. The molecule has 1 aliphatic rings. The minimum Gasteiger partial charge on any atom is -0.344 e. The third kappa shape index (κ3) is 4.39. The summed E-state index contributed by atoms with van der Waals surface area (Å²) >= 11 is 0. The van der Waals surface area contributed by atoms with Gasteiger partial charge in [-0.3, -0.25) is 9.59 Å². The highest BCUT2D eigenvalue weighted by Crippen LogP contribution is 2.21. The monoisotopic (exact) mass is 372 g/mol. The van der Waals surface area contributed by atoms with Gasteiger partial charge in [0.2, 0.25) is 23.5 Å². The molecule has 3 rings (SSSR count). The van der Waals surface area contributed by atoms with Gasteiger partial charge in [0, 0.05) is 24.6 Å². The number of halogens is 1. The van der Waals surface area contributed by atoms with Gasteiger partial charge in [0.05, 0.1) is 0 Å². The van der Waals surface area contributed by atoms with Crippen LogP contribution in [0, 0.1) is 11.7 Å². The fourth-order valence-corrected chi connectivity index (χ4v) is 3.01. The van der Waals surface area contributed by atoms with Crippen molar-refractivity contribution in [3.8, 4) is 11.4 Å². The molecule has 8 heteroatoms. The summed E-state index contributed by atoms with van der Waals surface area (Å²) in [6.07, 6.45) is 2.49. The summed E-state index contributed by atoms with van der Waals surface area (Å²) in [5.74, 6) is -0.106. The number of amides is 2. The first-order valence-electron chi connectivity index (χ1n) is 8.79. The van der Waals surface area contributed by atoms with Crippen LogP contribution >= 0.6 is 0 Å². The Morgan fingerprint density at radius 1 is 1.33 bits per heavy atom. The molecule has 1 unspecified atom stereocenters. The first-order valence-corrected chi connectivity index (χ1v) is 8.79. The number of carbonyl (C=O) groups excluding carboxylic acids is 2. The van der Waals surface area contributed by atoms with Crippen LogP contribution in [-0.2, 0) is 9.59 Å². The number of aromatic nitrogens is 2. The lowest BCUT2D eigenvalue weighted by Gasteiger charge is -2.30. The fourth-order valence-electron chi connectivity index (χ4n) is 3.01. The molecule has 1 atom stereocenters. The quantitative estimate of drug-likeness (QED) is 0.815. The summed E-state index contributed by atoms with van der Waals surface area (Å²) in [6.45, 7) is 6.31. The lowest BCUT2D eigenvalue weighted by molar-refractivity contribution is -0.132. The summed E-state index contributed by atoms with van der Waals surface area (Å²) < 4.78 is 18.2. The highest BCUT2D eigenvalue weighted by atomic mass is 19.1. The van der Waals surface area contributed by atoms with Gasteiger partial charge in [-0.15, -0.1) is 0 Å². The van der Waals surface area contributed by atoms with Crippen LogP contribution in [-0.4, -0.2) is 39.9 Å². The van der Waals surface area contributed by atoms with E-state index in [0.29, 0.717) is 37.3 Å². The Balaban J connectivity index is 1.57. The highest BCUT2D eigenvalue weighted by molar-refractivity contribution is 5.87. The molecular weight excluding hydrogens is 351 g/mol. The fraction of sp³-hybridized carbons (Fsp3) is 0.368. The van der Waals surface area contributed by atoms with Crippen LogP contribution in [0.1, 0.15) is 31.7 Å². The third-order valence-electron chi connectivity index (χ3n) is 4.63. The van der Waals surface area contributed by atoms with E-state index in [2.05, 4.69) is 22.0 Å². The minimum atomic E-state index is -0.452. The molecule has 1 aliphatic heterocycles. The summed E-state index contributed by atoms with van der Waals surface area (Å²) in [4.78, 5) is 30.0. The van der Waals surface area contributed by atoms with Crippen molar-refractivity contribution in [1.82, 2.24) is 20.4 Å². The zero-order valence-electron chi connectivity index (χ0n) is 15.0. The molecule has 1 N–H and O–H groups in total. The van der Waals surface area contributed by atoms with Crippen LogP contribution in [0.3, 0.4) is 0 Å². The van der Waals surface area contributed by atoms with Crippen molar-refractivity contribution in [3.63, 3.8) is 0 Å². The van der Waals surface area contributed by atoms with Crippen molar-refractivity contribution in [1.29, 1.82) is 0 Å². The van der Waals surface area contributed by atoms with Crippen molar-refractivity contribution in [2.75, 3.05) is 13.1 Å². The standard InChI is InChI=1S/C19H21FN4O3/c1-3-16(25)24-10-8-14(9-11-24)18(26)21-12(2)19-22-17(23-27-19)13-4-6-15(20)7-5-13/h3-7,12,14H,1,8-11H2,2H3,(H,21,26). The molecule has 2 amide bonds. The summed E-state index contributed by atoms with van der Waals surface area (Å²) in [6, 6.07) is 5.31. The summed E-state index contributed by atoms with van der Waals surface area (Å²) in [5, 5.41) is 6.76. The van der Waals surface area contributed by atoms with Gasteiger partial charge >= 0.3 is 0 Å². The second-order valence-corrected chi connectivity index (χ2v) is 6.50. The largest absolute Gasteiger partial charge is 0.344 e. The van der Waals surface area contributed by atoms with E-state index in [1.165, 1.54) is 18.2 Å². The molecule has 0 saturated carbocycles. The molecule has 2 aromatic rings. The molecule has 142 valence electrons. The van der Waals surface area contributed by atoms with Gasteiger partial charge in [0.1, 0.15) is 11.9 Å². The van der Waals surface area contributed by atoms with Crippen LogP contribution in [0.15, 0.2) is 41.4 Å². The van der Waals surface area contributed by atoms with Gasteiger partial charge in [0.15, 0.2) is 0 Å². The van der Waals surface area contributed by atoms with E-state index in [1.807, 2.05) is 0 Å². The molecule has 2 heterocycles. The first kappa shape index (κ1) is 18.8. The highest BCUT2D eigenvalue weighted by Gasteiger charge is 2.28. The Bertz CT molecular complexity index is 826. The summed E-state index contributed by atoms with van der Waals surface area (Å²) in [5.41, 5.74) is 0.629. The van der Waals surface area contributed by atoms with E-state index in [1.54, 1.807) is 24.0 Å². The van der Waals surface area contributed by atoms with Gasteiger partial charge in [-0.05, 0) is 50.1 Å². The number of hydrogen-bond acceptors (Lipinski definition) is 5. The number of rotatable bonds is 5. The molecule has 0 bridgehead atoms. The van der Waals surface area contributed by atoms with Gasteiger partial charge < -0.3 is 14.7 Å². The molecule has 27 heavy (non-hydrogen) atoms. The predicted molar refractivity (Wildman–Crippen MR) is 95.8 cm³/mol. The lowest BCUT2D eigenvalue weighted by atomic mass is 9.95. The zero-order valence-corrected chi connectivity index (χ0v) is 15.0. The molecule has 0 radical (unpaired) electrons. The van der Waals surface area contributed by atoms with Crippen LogP contribution in [0.5, 0.6) is 0 Å². The van der Waals surface area contributed by atoms with E-state index >= 15 is 0 Å². The van der Waals surface area contributed by atoms with Crippen molar-refractivity contribution in [2.24, 2.45) is 5.92 Å². The van der Waals surface area contributed by atoms with E-state index in [9.17, 15) is 14.0 Å². The van der Waals surface area contributed by atoms with Crippen LogP contribution in [0.25, 0.3) is 11.4 Å². The van der Waals surface area contributed by atoms with Crippen molar-refractivity contribution >= 4 is 11.8 Å². The number of likely N-dealkylation sites (tertiary alicyclic amines) is 1. The van der Waals surface area contributed by atoms with Crippen LogP contribution in [0.4, 0.5) is 4.39 Å². The van der Waals surface area contributed by atoms with E-state index in [-0.39, 0.29) is 29.4 Å². The lowest BCUT2D eigenvalue weighted by Crippen LogP contribution is -2.43. The molecule has 1 fully saturated rings. The van der Waals surface area contributed by atoms with Crippen molar-refractivity contribution < 1.29 is 18.5 Å². The Labute approximate surface area is 156 Å². The number of carbonyl (C=O) groups is 2. The van der Waals surface area contributed by atoms with E-state index in [0.717, 1.165) is 0 Å². The average Bonchev–Trinajstić information content (AvgIpc) is 3.18. The van der Waals surface area contributed by atoms with Crippen LogP contribution < -0.4 is 5.32 Å². The third-order valence-corrected chi connectivity index (χ3v) is 4.63. The molecule has 1 aromatic heterocycles. The Morgan fingerprint density at radius 2 is 2.00 bits per heavy atom. The summed E-state index contributed by atoms with van der Waals surface area (Å²) in [7, 11) is 0. The maximum Gasteiger partial charge on any atom is 0.249 e. The first-order chi connectivity index (χ1) is 13.0. The van der Waals surface area contributed by atoms with Gasteiger partial charge in [-0.1, -0.05) is 11.7 Å². The predicted octanol–water partition coefficient (Wildman–Crippen LogP) is 2.48. The molecule has 0 spiro atoms. The topological polar surface area (TPSA) is 88.3 Å². The van der Waals surface area contributed by atoms with E-state index in [4.69, 9.17) is 4.52 Å². The number of piperidine rings is 1. The van der Waals surface area contributed by atoms with Gasteiger partial charge in [-0.2, -0.15) is 4.98 Å². The van der Waals surface area contributed by atoms with Crippen LogP contribution in [0.2, 0.25) is 0 Å². The molecule has 1 aromatic carbocycles. The Hall–Kier alpha value is -3.03. The molecule has 7 nitrogen and oxygen atoms in total. The molecular formula is C19H21FN4O3. The van der Waals surface area contributed by atoms with Gasteiger partial charge in [-0.25, -0.2) is 4.39 Å². The van der Waals surface area contributed by atoms with Crippen molar-refractivity contribution in [2.45, 2.75) is 25.8 Å². The maximum atomic E-state index is 13.0.